The number of aryl methyl sites for hydroxylation is 1. The number of nitrogens with zero attached hydrogens (tertiary/aromatic N) is 4. The molecule has 0 saturated carbocycles. The molecular weight excluding hydrogens is 690 g/mol. The maximum atomic E-state index is 13.1. The van der Waals surface area contributed by atoms with E-state index in [0.717, 1.165) is 42.9 Å². The molecule has 3 heterocycles. The molecule has 1 aliphatic rings. The third kappa shape index (κ3) is 11.0. The average molecular weight is 730 g/mol. The molecule has 51 heavy (non-hydrogen) atoms. The van der Waals surface area contributed by atoms with Crippen LogP contribution >= 0.6 is 24.0 Å². The summed E-state index contributed by atoms with van der Waals surface area (Å²) in [5.41, 5.74) is 4.87. The second-order valence-electron chi connectivity index (χ2n) is 12.0. The molecule has 0 radical (unpaired) electrons. The van der Waals surface area contributed by atoms with E-state index < -0.39 is 0 Å². The molecule has 1 amide bonds. The molecule has 5 aromatic rings. The second-order valence-corrected chi connectivity index (χ2v) is 12.4. The van der Waals surface area contributed by atoms with Crippen molar-refractivity contribution in [3.8, 4) is 23.1 Å². The summed E-state index contributed by atoms with van der Waals surface area (Å²) < 4.78 is 30.5. The maximum Gasteiger partial charge on any atom is 0.246 e. The zero-order valence-electron chi connectivity index (χ0n) is 28.2. The van der Waals surface area contributed by atoms with Crippen molar-refractivity contribution in [2.75, 3.05) is 32.8 Å². The van der Waals surface area contributed by atoms with E-state index in [1.165, 1.54) is 23.3 Å². The summed E-state index contributed by atoms with van der Waals surface area (Å²) in [6.45, 7) is 6.53. The number of pyridine rings is 2. The average Bonchev–Trinajstić information content (AvgIpc) is 3.14. The molecular formula is C40H39Cl2FN4O4. The van der Waals surface area contributed by atoms with Gasteiger partial charge in [0, 0.05) is 57.5 Å². The highest BCUT2D eigenvalue weighted by atomic mass is 35.5. The first-order valence-electron chi connectivity index (χ1n) is 16.5. The van der Waals surface area contributed by atoms with E-state index in [1.807, 2.05) is 36.1 Å². The summed E-state index contributed by atoms with van der Waals surface area (Å²) in [7, 11) is 0. The topological polar surface area (TPSA) is 77.0 Å². The van der Waals surface area contributed by atoms with Crippen LogP contribution < -0.4 is 14.2 Å². The van der Waals surface area contributed by atoms with Gasteiger partial charge in [0.05, 0.1) is 23.5 Å². The Kier molecular flexibility index (Phi) is 13.4. The third-order valence-corrected chi connectivity index (χ3v) is 8.57. The largest absolute Gasteiger partial charge is 0.493 e. The Labute approximate surface area is 308 Å². The van der Waals surface area contributed by atoms with Crippen LogP contribution in [-0.2, 0) is 24.4 Å². The Hall–Kier alpha value is -4.96. The number of ether oxygens (including phenoxy) is 3. The predicted molar refractivity (Wildman–Crippen MR) is 199 cm³/mol. The normalized spacial score (nSPS) is 13.1. The van der Waals surface area contributed by atoms with Crippen molar-refractivity contribution in [2.24, 2.45) is 0 Å². The van der Waals surface area contributed by atoms with E-state index in [0.29, 0.717) is 54.5 Å². The van der Waals surface area contributed by atoms with Crippen LogP contribution in [0.1, 0.15) is 27.9 Å². The van der Waals surface area contributed by atoms with Gasteiger partial charge in [0.25, 0.3) is 0 Å². The van der Waals surface area contributed by atoms with E-state index in [1.54, 1.807) is 54.9 Å². The fourth-order valence-corrected chi connectivity index (χ4v) is 5.84. The van der Waals surface area contributed by atoms with Gasteiger partial charge >= 0.3 is 0 Å². The van der Waals surface area contributed by atoms with Crippen LogP contribution in [0.15, 0.2) is 109 Å². The highest BCUT2D eigenvalue weighted by molar-refractivity contribution is 6.32. The van der Waals surface area contributed by atoms with Crippen molar-refractivity contribution >= 4 is 36.0 Å². The molecule has 11 heteroatoms. The number of carbonyl (C=O) groups is 1. The summed E-state index contributed by atoms with van der Waals surface area (Å²) in [6.07, 6.45) is 7.48. The van der Waals surface area contributed by atoms with Gasteiger partial charge in [0.1, 0.15) is 23.9 Å². The van der Waals surface area contributed by atoms with Crippen molar-refractivity contribution in [3.05, 3.63) is 148 Å². The monoisotopic (exact) mass is 728 g/mol. The molecule has 0 aliphatic carbocycles. The summed E-state index contributed by atoms with van der Waals surface area (Å²) in [5.74, 6) is 1.86. The van der Waals surface area contributed by atoms with Crippen LogP contribution in [0.2, 0.25) is 5.02 Å². The molecule has 264 valence electrons. The number of carbonyl (C=O) groups excluding carboxylic acids is 1. The molecule has 0 spiro atoms. The van der Waals surface area contributed by atoms with Gasteiger partial charge in [-0.15, -0.1) is 12.4 Å². The van der Waals surface area contributed by atoms with Crippen molar-refractivity contribution < 1.29 is 23.4 Å². The van der Waals surface area contributed by atoms with E-state index in [2.05, 4.69) is 39.1 Å². The second kappa shape index (κ2) is 18.3. The standard InChI is InChI=1S/C40H38ClFN4O4.ClH/c1-29-24-32(25-37(41)40(29)50-38-15-14-36(26-44-38)49-28-34-4-2-3-18-43-34)9-16-39(47)46-21-19-45(20-22-46)27-31-7-5-30(6-8-31)17-23-48-35-12-10-33(42)11-13-35;/h2-16,18,24-26H,17,19-23,27-28H2,1H3;1H. The number of amides is 1. The molecule has 0 bridgehead atoms. The Morgan fingerprint density at radius 1 is 0.882 bits per heavy atom. The van der Waals surface area contributed by atoms with Gasteiger partial charge in [-0.05, 0) is 89.9 Å². The van der Waals surface area contributed by atoms with E-state index >= 15 is 0 Å². The lowest BCUT2D eigenvalue weighted by molar-refractivity contribution is -0.127. The fourth-order valence-electron chi connectivity index (χ4n) is 5.53. The maximum absolute atomic E-state index is 13.1. The number of rotatable bonds is 13. The molecule has 3 aromatic carbocycles. The Bertz CT molecular complexity index is 1860. The summed E-state index contributed by atoms with van der Waals surface area (Å²) in [5, 5.41) is 0.425. The van der Waals surface area contributed by atoms with Crippen molar-refractivity contribution in [3.63, 3.8) is 0 Å². The lowest BCUT2D eigenvalue weighted by Gasteiger charge is -2.34. The summed E-state index contributed by atoms with van der Waals surface area (Å²) >= 11 is 6.60. The molecule has 1 fully saturated rings. The Balaban J connectivity index is 0.00000504. The lowest BCUT2D eigenvalue weighted by Crippen LogP contribution is -2.47. The van der Waals surface area contributed by atoms with E-state index in [9.17, 15) is 9.18 Å². The minimum atomic E-state index is -0.273. The molecule has 0 atom stereocenters. The van der Waals surface area contributed by atoms with Crippen molar-refractivity contribution in [1.82, 2.24) is 19.8 Å². The predicted octanol–water partition coefficient (Wildman–Crippen LogP) is 8.35. The van der Waals surface area contributed by atoms with Crippen molar-refractivity contribution in [1.29, 1.82) is 0 Å². The highest BCUT2D eigenvalue weighted by Gasteiger charge is 2.20. The molecule has 1 saturated heterocycles. The zero-order chi connectivity index (χ0) is 34.7. The quantitative estimate of drug-likeness (QED) is 0.113. The van der Waals surface area contributed by atoms with Gasteiger partial charge in [-0.25, -0.2) is 9.37 Å². The molecule has 2 aromatic heterocycles. The van der Waals surface area contributed by atoms with Gasteiger partial charge in [0.2, 0.25) is 11.8 Å². The number of hydrogen-bond donors (Lipinski definition) is 0. The van der Waals surface area contributed by atoms with Crippen LogP contribution in [0.4, 0.5) is 4.39 Å². The third-order valence-electron chi connectivity index (χ3n) is 8.28. The van der Waals surface area contributed by atoms with Crippen molar-refractivity contribution in [2.45, 2.75) is 26.5 Å². The molecule has 0 N–H and O–H groups in total. The first kappa shape index (κ1) is 37.3. The van der Waals surface area contributed by atoms with Crippen LogP contribution in [-0.4, -0.2) is 58.5 Å². The zero-order valence-corrected chi connectivity index (χ0v) is 29.8. The fraction of sp³-hybridized carbons (Fsp3) is 0.225. The Morgan fingerprint density at radius 2 is 1.63 bits per heavy atom. The summed E-state index contributed by atoms with van der Waals surface area (Å²) in [4.78, 5) is 25.8. The lowest BCUT2D eigenvalue weighted by atomic mass is 10.1. The van der Waals surface area contributed by atoms with E-state index in [4.69, 9.17) is 25.8 Å². The molecule has 6 rings (SSSR count). The minimum Gasteiger partial charge on any atom is -0.493 e. The molecule has 0 unspecified atom stereocenters. The van der Waals surface area contributed by atoms with Gasteiger partial charge < -0.3 is 19.1 Å². The van der Waals surface area contributed by atoms with Gasteiger partial charge in [-0.1, -0.05) is 41.9 Å². The first-order chi connectivity index (χ1) is 24.4. The molecule has 8 nitrogen and oxygen atoms in total. The highest BCUT2D eigenvalue weighted by Crippen LogP contribution is 2.34. The summed E-state index contributed by atoms with van der Waals surface area (Å²) in [6, 6.07) is 27.5. The van der Waals surface area contributed by atoms with Gasteiger partial charge in [-0.3, -0.25) is 14.7 Å². The Morgan fingerprint density at radius 3 is 2.31 bits per heavy atom. The number of hydrogen-bond acceptors (Lipinski definition) is 7. The minimum absolute atomic E-state index is 0. The van der Waals surface area contributed by atoms with Crippen LogP contribution in [0.25, 0.3) is 6.08 Å². The first-order valence-corrected chi connectivity index (χ1v) is 16.9. The van der Waals surface area contributed by atoms with Crippen LogP contribution in [0.3, 0.4) is 0 Å². The van der Waals surface area contributed by atoms with E-state index in [-0.39, 0.29) is 24.1 Å². The number of piperazine rings is 1. The SMILES string of the molecule is Cc1cc(C=CC(=O)N2CCN(Cc3ccc(CCOc4ccc(F)cc4)cc3)CC2)cc(Cl)c1Oc1ccc(OCc2ccccn2)cn1.Cl. The smallest absolute Gasteiger partial charge is 0.246 e. The van der Waals surface area contributed by atoms with Gasteiger partial charge in [0.15, 0.2) is 5.75 Å². The molecule has 1 aliphatic heterocycles. The number of halogens is 3. The van der Waals surface area contributed by atoms with Crippen LogP contribution in [0, 0.1) is 12.7 Å². The van der Waals surface area contributed by atoms with Crippen LogP contribution in [0.5, 0.6) is 23.1 Å². The number of benzene rings is 3. The number of aromatic nitrogens is 2. The van der Waals surface area contributed by atoms with Gasteiger partial charge in [-0.2, -0.15) is 0 Å².